The summed E-state index contributed by atoms with van der Waals surface area (Å²) in [5.41, 5.74) is -0.0807. The molecule has 0 amide bonds. The Morgan fingerprint density at radius 2 is 1.56 bits per heavy atom. The predicted molar refractivity (Wildman–Crippen MR) is 67.3 cm³/mol. The van der Waals surface area contributed by atoms with Crippen LogP contribution in [0.25, 0.3) is 0 Å². The van der Waals surface area contributed by atoms with E-state index in [-0.39, 0.29) is 10.3 Å². The fourth-order valence-corrected chi connectivity index (χ4v) is 5.46. The standard InChI is InChI=1S/C13H20O4S/c14-8-12(18(15,16)17)7-13-4-9-1-10(5-13)3-11(2-9)6-13/h7,9-11,14H,1-6,8H2,(H,15,16,17)/b12-7+. The topological polar surface area (TPSA) is 74.6 Å². The molecule has 4 bridgehead atoms. The van der Waals surface area contributed by atoms with E-state index < -0.39 is 16.7 Å². The monoisotopic (exact) mass is 272 g/mol. The molecule has 0 radical (unpaired) electrons. The minimum absolute atomic E-state index is 0.0807. The van der Waals surface area contributed by atoms with Crippen molar-refractivity contribution in [2.45, 2.75) is 38.5 Å². The second kappa shape index (κ2) is 4.05. The molecule has 0 aromatic rings. The van der Waals surface area contributed by atoms with Crippen LogP contribution in [0.2, 0.25) is 0 Å². The van der Waals surface area contributed by atoms with Crippen LogP contribution in [0.4, 0.5) is 0 Å². The molecule has 4 rings (SSSR count). The molecule has 0 spiro atoms. The summed E-state index contributed by atoms with van der Waals surface area (Å²) in [7, 11) is -4.25. The van der Waals surface area contributed by atoms with Gasteiger partial charge in [-0.2, -0.15) is 8.42 Å². The van der Waals surface area contributed by atoms with Gasteiger partial charge in [0.25, 0.3) is 10.1 Å². The van der Waals surface area contributed by atoms with Crippen molar-refractivity contribution in [3.63, 3.8) is 0 Å². The molecule has 0 saturated heterocycles. The van der Waals surface area contributed by atoms with Gasteiger partial charge in [0.1, 0.15) is 0 Å². The Kier molecular flexibility index (Phi) is 2.84. The van der Waals surface area contributed by atoms with E-state index in [0.29, 0.717) is 17.8 Å². The highest BCUT2D eigenvalue weighted by atomic mass is 32.2. The summed E-state index contributed by atoms with van der Waals surface area (Å²) in [5.74, 6) is 2.15. The van der Waals surface area contributed by atoms with Gasteiger partial charge in [-0.1, -0.05) is 6.08 Å². The van der Waals surface area contributed by atoms with E-state index in [9.17, 15) is 8.42 Å². The van der Waals surface area contributed by atoms with Crippen LogP contribution in [0.15, 0.2) is 11.0 Å². The SMILES string of the molecule is O=S(=O)(O)/C(=C/C12CC3CC(CC(C3)C1)C2)CO. The van der Waals surface area contributed by atoms with Gasteiger partial charge in [0.15, 0.2) is 0 Å². The lowest BCUT2D eigenvalue weighted by atomic mass is 9.49. The third kappa shape index (κ3) is 2.12. The summed E-state index contributed by atoms with van der Waals surface area (Å²) in [6, 6.07) is 0. The maximum Gasteiger partial charge on any atom is 0.292 e. The third-order valence-electron chi connectivity index (χ3n) is 5.04. The highest BCUT2D eigenvalue weighted by Gasteiger charge is 2.50. The van der Waals surface area contributed by atoms with Crippen molar-refractivity contribution < 1.29 is 18.1 Å². The van der Waals surface area contributed by atoms with Crippen LogP contribution >= 0.6 is 0 Å². The van der Waals surface area contributed by atoms with Gasteiger partial charge in [-0.15, -0.1) is 0 Å². The van der Waals surface area contributed by atoms with Crippen molar-refractivity contribution >= 4 is 10.1 Å². The van der Waals surface area contributed by atoms with Crippen LogP contribution in [0.3, 0.4) is 0 Å². The zero-order chi connectivity index (χ0) is 13.0. The van der Waals surface area contributed by atoms with Gasteiger partial charge < -0.3 is 5.11 Å². The second-order valence-corrected chi connectivity index (χ2v) is 8.00. The van der Waals surface area contributed by atoms with Gasteiger partial charge >= 0.3 is 0 Å². The fraction of sp³-hybridized carbons (Fsp3) is 0.846. The van der Waals surface area contributed by atoms with Crippen LogP contribution < -0.4 is 0 Å². The van der Waals surface area contributed by atoms with Crippen LogP contribution in [-0.2, 0) is 10.1 Å². The summed E-state index contributed by atoms with van der Waals surface area (Å²) in [6.07, 6.45) is 8.61. The predicted octanol–water partition coefficient (Wildman–Crippen LogP) is 1.97. The number of hydrogen-bond acceptors (Lipinski definition) is 3. The zero-order valence-corrected chi connectivity index (χ0v) is 11.2. The quantitative estimate of drug-likeness (QED) is 0.770. The number of aliphatic hydroxyl groups is 1. The zero-order valence-electron chi connectivity index (χ0n) is 10.4. The Hall–Kier alpha value is -0.390. The van der Waals surface area contributed by atoms with Crippen LogP contribution in [0, 0.1) is 23.2 Å². The first kappa shape index (κ1) is 12.6. The Morgan fingerprint density at radius 1 is 1.11 bits per heavy atom. The molecule has 4 aliphatic carbocycles. The third-order valence-corrected chi connectivity index (χ3v) is 5.95. The molecule has 102 valence electrons. The lowest BCUT2D eigenvalue weighted by molar-refractivity contribution is -0.0241. The minimum atomic E-state index is -4.25. The molecule has 0 aromatic carbocycles. The molecule has 18 heavy (non-hydrogen) atoms. The van der Waals surface area contributed by atoms with E-state index in [1.54, 1.807) is 6.08 Å². The van der Waals surface area contributed by atoms with Gasteiger partial charge in [0, 0.05) is 0 Å². The minimum Gasteiger partial charge on any atom is -0.391 e. The van der Waals surface area contributed by atoms with Gasteiger partial charge in [-0.05, 0) is 61.7 Å². The van der Waals surface area contributed by atoms with Crippen LogP contribution in [0.1, 0.15) is 38.5 Å². The largest absolute Gasteiger partial charge is 0.391 e. The first-order chi connectivity index (χ1) is 8.40. The van der Waals surface area contributed by atoms with Crippen molar-refractivity contribution in [3.05, 3.63) is 11.0 Å². The average molecular weight is 272 g/mol. The molecule has 4 aliphatic rings. The summed E-state index contributed by atoms with van der Waals surface area (Å²) in [6.45, 7) is -0.597. The van der Waals surface area contributed by atoms with Crippen molar-refractivity contribution in [2.24, 2.45) is 23.2 Å². The lowest BCUT2D eigenvalue weighted by Gasteiger charge is -2.56. The lowest BCUT2D eigenvalue weighted by Crippen LogP contribution is -2.45. The highest BCUT2D eigenvalue weighted by Crippen LogP contribution is 2.60. The van der Waals surface area contributed by atoms with Crippen molar-refractivity contribution in [1.29, 1.82) is 0 Å². The van der Waals surface area contributed by atoms with Crippen LogP contribution in [-0.4, -0.2) is 24.7 Å². The molecule has 0 atom stereocenters. The summed E-state index contributed by atoms with van der Waals surface area (Å²) in [4.78, 5) is -0.204. The van der Waals surface area contributed by atoms with Gasteiger partial charge in [0.05, 0.1) is 11.5 Å². The average Bonchev–Trinajstić information content (AvgIpc) is 2.22. The fourth-order valence-electron chi connectivity index (χ4n) is 4.90. The van der Waals surface area contributed by atoms with E-state index in [4.69, 9.17) is 9.66 Å². The Balaban J connectivity index is 1.94. The van der Waals surface area contributed by atoms with Gasteiger partial charge in [-0.25, -0.2) is 0 Å². The first-order valence-corrected chi connectivity index (χ1v) is 8.14. The van der Waals surface area contributed by atoms with E-state index in [1.807, 2.05) is 0 Å². The van der Waals surface area contributed by atoms with Crippen molar-refractivity contribution in [2.75, 3.05) is 6.61 Å². The van der Waals surface area contributed by atoms with Crippen molar-refractivity contribution in [1.82, 2.24) is 0 Å². The summed E-state index contributed by atoms with van der Waals surface area (Å²) >= 11 is 0. The molecule has 0 unspecified atom stereocenters. The normalized spacial score (nSPS) is 43.4. The smallest absolute Gasteiger partial charge is 0.292 e. The number of allylic oxidation sites excluding steroid dienone is 1. The second-order valence-electron chi connectivity index (χ2n) is 6.52. The Bertz CT molecular complexity index is 442. The number of hydrogen-bond donors (Lipinski definition) is 2. The molecule has 0 aliphatic heterocycles. The van der Waals surface area contributed by atoms with E-state index in [2.05, 4.69) is 0 Å². The van der Waals surface area contributed by atoms with Crippen molar-refractivity contribution in [3.8, 4) is 0 Å². The Labute approximate surface area is 108 Å². The summed E-state index contributed by atoms with van der Waals surface area (Å²) in [5, 5.41) is 9.16. The molecule has 4 fully saturated rings. The molecule has 4 saturated carbocycles. The molecule has 0 aromatic heterocycles. The molecule has 5 heteroatoms. The van der Waals surface area contributed by atoms with Gasteiger partial charge in [-0.3, -0.25) is 4.55 Å². The summed E-state index contributed by atoms with van der Waals surface area (Å²) < 4.78 is 31.6. The molecule has 2 N–H and O–H groups in total. The molecular weight excluding hydrogens is 252 g/mol. The Morgan fingerprint density at radius 3 is 1.89 bits per heavy atom. The number of aliphatic hydroxyl groups excluding tert-OH is 1. The highest BCUT2D eigenvalue weighted by molar-refractivity contribution is 7.89. The molecule has 4 nitrogen and oxygen atoms in total. The molecular formula is C13H20O4S. The van der Waals surface area contributed by atoms with E-state index in [1.165, 1.54) is 19.3 Å². The maximum atomic E-state index is 11.2. The van der Waals surface area contributed by atoms with E-state index >= 15 is 0 Å². The van der Waals surface area contributed by atoms with Crippen LogP contribution in [0.5, 0.6) is 0 Å². The number of rotatable bonds is 3. The van der Waals surface area contributed by atoms with Gasteiger partial charge in [0.2, 0.25) is 0 Å². The maximum absolute atomic E-state index is 11.2. The van der Waals surface area contributed by atoms with E-state index in [0.717, 1.165) is 19.3 Å². The first-order valence-electron chi connectivity index (χ1n) is 6.70. The molecule has 0 heterocycles.